The van der Waals surface area contributed by atoms with Gasteiger partial charge in [0.1, 0.15) is 5.82 Å². The molecule has 0 fully saturated rings. The topological polar surface area (TPSA) is 71.3 Å². The Morgan fingerprint density at radius 2 is 1.96 bits per heavy atom. The maximum atomic E-state index is 14.4. The summed E-state index contributed by atoms with van der Waals surface area (Å²) in [5.74, 6) is -3.44. The minimum absolute atomic E-state index is 0.0293. The van der Waals surface area contributed by atoms with Crippen LogP contribution in [0, 0.1) is 5.82 Å². The van der Waals surface area contributed by atoms with E-state index in [0.717, 1.165) is 12.6 Å². The third-order valence-electron chi connectivity index (χ3n) is 4.16. The van der Waals surface area contributed by atoms with Gasteiger partial charge in [-0.2, -0.15) is 18.2 Å². The molecule has 0 saturated carbocycles. The fourth-order valence-electron chi connectivity index (χ4n) is 2.70. The van der Waals surface area contributed by atoms with E-state index in [4.69, 9.17) is 0 Å². The first kappa shape index (κ1) is 21.8. The number of carbonyl (C=O) groups is 1. The second-order valence-corrected chi connectivity index (χ2v) is 6.67. The Morgan fingerprint density at radius 1 is 1.29 bits per heavy atom. The van der Waals surface area contributed by atoms with E-state index in [2.05, 4.69) is 24.9 Å². The van der Waals surface area contributed by atoms with Crippen LogP contribution >= 0.6 is 0 Å². The van der Waals surface area contributed by atoms with E-state index in [0.29, 0.717) is 12.6 Å². The van der Waals surface area contributed by atoms with Gasteiger partial charge in [0.15, 0.2) is 0 Å². The number of amides is 1. The molecule has 1 aromatic carbocycles. The van der Waals surface area contributed by atoms with Crippen LogP contribution in [0.3, 0.4) is 0 Å². The van der Waals surface area contributed by atoms with Gasteiger partial charge in [-0.1, -0.05) is 18.1 Å². The summed E-state index contributed by atoms with van der Waals surface area (Å²) >= 11 is 0. The van der Waals surface area contributed by atoms with Crippen LogP contribution in [-0.4, -0.2) is 46.1 Å². The summed E-state index contributed by atoms with van der Waals surface area (Å²) in [6, 6.07) is 3.42. The van der Waals surface area contributed by atoms with Crippen molar-refractivity contribution in [2.75, 3.05) is 13.1 Å². The van der Waals surface area contributed by atoms with Crippen LogP contribution in [0.15, 0.2) is 22.7 Å². The Kier molecular flexibility index (Phi) is 6.76. The van der Waals surface area contributed by atoms with Crippen molar-refractivity contribution >= 4 is 5.91 Å². The number of likely N-dealkylation sites (N-methyl/N-ethyl adjacent to an activating group) is 1. The van der Waals surface area contributed by atoms with Gasteiger partial charge < -0.3 is 9.84 Å². The van der Waals surface area contributed by atoms with Gasteiger partial charge in [0.25, 0.3) is 5.91 Å². The third-order valence-corrected chi connectivity index (χ3v) is 4.16. The molecule has 1 unspecified atom stereocenters. The number of alkyl halides is 3. The molecule has 0 spiro atoms. The van der Waals surface area contributed by atoms with E-state index in [9.17, 15) is 22.4 Å². The third kappa shape index (κ3) is 5.28. The molecule has 0 aliphatic carbocycles. The summed E-state index contributed by atoms with van der Waals surface area (Å²) in [5.41, 5.74) is -0.249. The average molecular weight is 402 g/mol. The largest absolute Gasteiger partial charge is 0.471 e. The smallest absolute Gasteiger partial charge is 0.348 e. The van der Waals surface area contributed by atoms with Crippen molar-refractivity contribution in [1.29, 1.82) is 0 Å². The molecule has 1 aromatic heterocycles. The van der Waals surface area contributed by atoms with E-state index in [1.165, 1.54) is 12.1 Å². The number of nitrogens with zero attached hydrogens (tertiary/aromatic N) is 3. The van der Waals surface area contributed by atoms with Gasteiger partial charge in [0.05, 0.1) is 5.56 Å². The fourth-order valence-corrected chi connectivity index (χ4v) is 2.70. The first-order valence-electron chi connectivity index (χ1n) is 8.78. The normalized spacial score (nSPS) is 13.2. The zero-order valence-corrected chi connectivity index (χ0v) is 16.0. The zero-order valence-electron chi connectivity index (χ0n) is 16.0. The summed E-state index contributed by atoms with van der Waals surface area (Å²) in [7, 11) is 0. The lowest BCUT2D eigenvalue weighted by Crippen LogP contribution is -2.44. The molecule has 1 atom stereocenters. The van der Waals surface area contributed by atoms with Gasteiger partial charge in [-0.05, 0) is 39.4 Å². The molecule has 0 bridgehead atoms. The van der Waals surface area contributed by atoms with Gasteiger partial charge in [-0.15, -0.1) is 0 Å². The Morgan fingerprint density at radius 3 is 2.46 bits per heavy atom. The molecule has 1 amide bonds. The van der Waals surface area contributed by atoms with Crippen LogP contribution in [0.1, 0.15) is 43.9 Å². The fraction of sp³-hybridized carbons (Fsp3) is 0.500. The Labute approximate surface area is 159 Å². The van der Waals surface area contributed by atoms with Crippen molar-refractivity contribution in [3.63, 3.8) is 0 Å². The van der Waals surface area contributed by atoms with Gasteiger partial charge in [0, 0.05) is 24.2 Å². The molecule has 154 valence electrons. The molecule has 1 heterocycles. The maximum Gasteiger partial charge on any atom is 0.471 e. The highest BCUT2D eigenvalue weighted by Gasteiger charge is 2.38. The molecule has 10 heteroatoms. The number of nitrogens with one attached hydrogen (secondary N) is 1. The highest BCUT2D eigenvalue weighted by Crippen LogP contribution is 2.29. The Balaban J connectivity index is 2.11. The van der Waals surface area contributed by atoms with Crippen LogP contribution in [-0.2, 0) is 6.18 Å². The summed E-state index contributed by atoms with van der Waals surface area (Å²) in [6.07, 6.45) is -4.79. The number of aromatic nitrogens is 2. The van der Waals surface area contributed by atoms with Crippen molar-refractivity contribution in [1.82, 2.24) is 20.4 Å². The monoisotopic (exact) mass is 402 g/mol. The number of halogens is 4. The van der Waals surface area contributed by atoms with Crippen molar-refractivity contribution < 1.29 is 26.9 Å². The zero-order chi connectivity index (χ0) is 21.1. The van der Waals surface area contributed by atoms with Crippen molar-refractivity contribution in [2.45, 2.75) is 46.0 Å². The van der Waals surface area contributed by atoms with Crippen LogP contribution in [0.2, 0.25) is 0 Å². The van der Waals surface area contributed by atoms with Crippen LogP contribution in [0.25, 0.3) is 11.4 Å². The van der Waals surface area contributed by atoms with Crippen LogP contribution < -0.4 is 5.32 Å². The first-order chi connectivity index (χ1) is 13.0. The molecule has 1 N–H and O–H groups in total. The minimum Gasteiger partial charge on any atom is -0.348 e. The number of hydrogen-bond acceptors (Lipinski definition) is 5. The molecule has 0 radical (unpaired) electrons. The molecule has 2 rings (SSSR count). The lowest BCUT2D eigenvalue weighted by molar-refractivity contribution is -0.159. The summed E-state index contributed by atoms with van der Waals surface area (Å²) in [6.45, 7) is 9.31. The highest BCUT2D eigenvalue weighted by molar-refractivity contribution is 5.95. The average Bonchev–Trinajstić information content (AvgIpc) is 3.09. The predicted octanol–water partition coefficient (Wildman–Crippen LogP) is 3.74. The molecule has 2 aromatic rings. The van der Waals surface area contributed by atoms with Crippen molar-refractivity contribution in [2.24, 2.45) is 0 Å². The quantitative estimate of drug-likeness (QED) is 0.715. The second kappa shape index (κ2) is 8.68. The summed E-state index contributed by atoms with van der Waals surface area (Å²) in [5, 5.41) is 5.92. The maximum absolute atomic E-state index is 14.4. The second-order valence-electron chi connectivity index (χ2n) is 6.67. The lowest BCUT2D eigenvalue weighted by atomic mass is 10.1. The van der Waals surface area contributed by atoms with Crippen LogP contribution in [0.4, 0.5) is 17.6 Å². The molecule has 28 heavy (non-hydrogen) atoms. The Hall–Kier alpha value is -2.49. The van der Waals surface area contributed by atoms with Gasteiger partial charge in [0.2, 0.25) is 5.82 Å². The minimum atomic E-state index is -4.79. The van der Waals surface area contributed by atoms with E-state index in [-0.39, 0.29) is 17.2 Å². The number of hydrogen-bond donors (Lipinski definition) is 1. The van der Waals surface area contributed by atoms with E-state index in [1.54, 1.807) is 0 Å². The summed E-state index contributed by atoms with van der Waals surface area (Å²) < 4.78 is 56.1. The molecular formula is C18H22F4N4O2. The van der Waals surface area contributed by atoms with Gasteiger partial charge in [-0.3, -0.25) is 9.69 Å². The molecule has 0 aliphatic rings. The predicted molar refractivity (Wildman–Crippen MR) is 94.0 cm³/mol. The van der Waals surface area contributed by atoms with E-state index < -0.39 is 29.6 Å². The van der Waals surface area contributed by atoms with Crippen LogP contribution in [0.5, 0.6) is 0 Å². The van der Waals surface area contributed by atoms with Crippen molar-refractivity contribution in [3.8, 4) is 11.4 Å². The van der Waals surface area contributed by atoms with E-state index >= 15 is 0 Å². The highest BCUT2D eigenvalue weighted by atomic mass is 19.4. The number of rotatable bonds is 7. The molecule has 0 aliphatic heterocycles. The standard InChI is InChI=1S/C18H22F4N4O2/c1-5-26(10(2)3)9-11(4)23-16(27)13-7-6-12(8-14(13)19)15-24-17(28-25-15)18(20,21)22/h6-8,10-11H,5,9H2,1-4H3,(H,23,27). The van der Waals surface area contributed by atoms with Gasteiger partial charge in [-0.25, -0.2) is 4.39 Å². The lowest BCUT2D eigenvalue weighted by Gasteiger charge is -2.28. The first-order valence-corrected chi connectivity index (χ1v) is 8.78. The summed E-state index contributed by atoms with van der Waals surface area (Å²) in [4.78, 5) is 17.7. The molecular weight excluding hydrogens is 380 g/mol. The molecule has 6 nitrogen and oxygen atoms in total. The van der Waals surface area contributed by atoms with Crippen molar-refractivity contribution in [3.05, 3.63) is 35.5 Å². The van der Waals surface area contributed by atoms with E-state index in [1.807, 2.05) is 27.7 Å². The number of carbonyl (C=O) groups excluding carboxylic acids is 1. The SMILES string of the molecule is CCN(CC(C)NC(=O)c1ccc(-c2noc(C(F)(F)F)n2)cc1F)C(C)C. The number of benzene rings is 1. The molecule has 0 saturated heterocycles. The van der Waals surface area contributed by atoms with Gasteiger partial charge >= 0.3 is 12.1 Å². The Bertz CT molecular complexity index is 820.